The Morgan fingerprint density at radius 1 is 1.60 bits per heavy atom. The van der Waals surface area contributed by atoms with Gasteiger partial charge in [0.05, 0.1) is 6.20 Å². The molecule has 1 aliphatic heterocycles. The second kappa shape index (κ2) is 5.66. The Morgan fingerprint density at radius 3 is 3.20 bits per heavy atom. The van der Waals surface area contributed by atoms with E-state index in [1.807, 2.05) is 11.8 Å². The van der Waals surface area contributed by atoms with Crippen molar-refractivity contribution in [3.8, 4) is 0 Å². The fourth-order valence-corrected chi connectivity index (χ4v) is 2.85. The SMILES string of the molecule is CCc1nc([C@@H]2CCCN(C(=O)c3cnns3)C2)no1. The molecule has 1 saturated heterocycles. The lowest BCUT2D eigenvalue weighted by Gasteiger charge is -2.30. The van der Waals surface area contributed by atoms with Crippen LogP contribution in [0.25, 0.3) is 0 Å². The minimum absolute atomic E-state index is 0.0103. The fourth-order valence-electron chi connectivity index (χ4n) is 2.37. The predicted octanol–water partition coefficient (Wildman–Crippen LogP) is 1.50. The van der Waals surface area contributed by atoms with Crippen LogP contribution in [0.2, 0.25) is 0 Å². The minimum atomic E-state index is -0.0103. The van der Waals surface area contributed by atoms with Crippen molar-refractivity contribution in [3.63, 3.8) is 0 Å². The molecule has 0 aliphatic carbocycles. The van der Waals surface area contributed by atoms with Crippen molar-refractivity contribution in [3.05, 3.63) is 22.8 Å². The second-order valence-corrected chi connectivity index (χ2v) is 5.56. The highest BCUT2D eigenvalue weighted by Gasteiger charge is 2.29. The molecule has 1 amide bonds. The van der Waals surface area contributed by atoms with E-state index in [4.69, 9.17) is 4.52 Å². The van der Waals surface area contributed by atoms with Gasteiger partial charge in [-0.2, -0.15) is 4.98 Å². The van der Waals surface area contributed by atoms with Gasteiger partial charge in [0.2, 0.25) is 5.89 Å². The van der Waals surface area contributed by atoms with E-state index in [1.165, 1.54) is 6.20 Å². The zero-order chi connectivity index (χ0) is 13.9. The van der Waals surface area contributed by atoms with Crippen LogP contribution < -0.4 is 0 Å². The Hall–Kier alpha value is -1.83. The molecule has 1 fully saturated rings. The van der Waals surface area contributed by atoms with Crippen molar-refractivity contribution in [1.82, 2.24) is 24.6 Å². The fraction of sp³-hybridized carbons (Fsp3) is 0.583. The third kappa shape index (κ3) is 2.55. The van der Waals surface area contributed by atoms with Crippen LogP contribution in [0, 0.1) is 0 Å². The van der Waals surface area contributed by atoms with Gasteiger partial charge in [-0.05, 0) is 24.4 Å². The number of aromatic nitrogens is 4. The lowest BCUT2D eigenvalue weighted by Crippen LogP contribution is -2.39. The second-order valence-electron chi connectivity index (χ2n) is 4.77. The molecule has 1 atom stereocenters. The molecule has 0 spiro atoms. The highest BCUT2D eigenvalue weighted by Crippen LogP contribution is 2.26. The zero-order valence-corrected chi connectivity index (χ0v) is 12.0. The summed E-state index contributed by atoms with van der Waals surface area (Å²) in [5.41, 5.74) is 0. The van der Waals surface area contributed by atoms with E-state index < -0.39 is 0 Å². The van der Waals surface area contributed by atoms with Crippen molar-refractivity contribution in [2.75, 3.05) is 13.1 Å². The molecule has 2 aromatic heterocycles. The van der Waals surface area contributed by atoms with Crippen LogP contribution in [-0.2, 0) is 6.42 Å². The van der Waals surface area contributed by atoms with E-state index >= 15 is 0 Å². The van der Waals surface area contributed by atoms with Crippen molar-refractivity contribution >= 4 is 17.4 Å². The number of carbonyl (C=O) groups is 1. The van der Waals surface area contributed by atoms with Gasteiger partial charge in [0, 0.05) is 25.4 Å². The molecule has 3 heterocycles. The maximum atomic E-state index is 12.3. The quantitative estimate of drug-likeness (QED) is 0.852. The molecule has 1 aliphatic rings. The molecular formula is C12H15N5O2S. The number of nitrogens with zero attached hydrogens (tertiary/aromatic N) is 5. The molecule has 0 N–H and O–H groups in total. The third-order valence-electron chi connectivity index (χ3n) is 3.43. The summed E-state index contributed by atoms with van der Waals surface area (Å²) >= 11 is 1.13. The van der Waals surface area contributed by atoms with E-state index in [0.717, 1.165) is 37.3 Å². The van der Waals surface area contributed by atoms with Gasteiger partial charge in [0.15, 0.2) is 5.82 Å². The van der Waals surface area contributed by atoms with Gasteiger partial charge >= 0.3 is 0 Å². The first kappa shape index (κ1) is 13.2. The van der Waals surface area contributed by atoms with Gasteiger partial charge in [0.25, 0.3) is 5.91 Å². The molecule has 106 valence electrons. The lowest BCUT2D eigenvalue weighted by molar-refractivity contribution is 0.0708. The molecule has 0 saturated carbocycles. The summed E-state index contributed by atoms with van der Waals surface area (Å²) in [4.78, 5) is 19.1. The van der Waals surface area contributed by atoms with E-state index in [-0.39, 0.29) is 11.8 Å². The van der Waals surface area contributed by atoms with Crippen LogP contribution in [0.15, 0.2) is 10.7 Å². The number of rotatable bonds is 3. The van der Waals surface area contributed by atoms with Crippen molar-refractivity contribution in [1.29, 1.82) is 0 Å². The Bertz CT molecular complexity index is 582. The number of amides is 1. The summed E-state index contributed by atoms with van der Waals surface area (Å²) in [6.45, 7) is 3.36. The van der Waals surface area contributed by atoms with E-state index in [0.29, 0.717) is 23.1 Å². The summed E-state index contributed by atoms with van der Waals surface area (Å²) in [6, 6.07) is 0. The maximum Gasteiger partial charge on any atom is 0.267 e. The van der Waals surface area contributed by atoms with Crippen molar-refractivity contribution in [2.24, 2.45) is 0 Å². The Morgan fingerprint density at radius 2 is 2.50 bits per heavy atom. The van der Waals surface area contributed by atoms with E-state index in [9.17, 15) is 4.79 Å². The predicted molar refractivity (Wildman–Crippen MR) is 71.5 cm³/mol. The van der Waals surface area contributed by atoms with Crippen LogP contribution in [0.5, 0.6) is 0 Å². The molecule has 0 unspecified atom stereocenters. The van der Waals surface area contributed by atoms with Crippen molar-refractivity contribution in [2.45, 2.75) is 32.1 Å². The van der Waals surface area contributed by atoms with Crippen LogP contribution in [0.4, 0.5) is 0 Å². The number of hydrogen-bond donors (Lipinski definition) is 0. The number of piperidine rings is 1. The van der Waals surface area contributed by atoms with E-state index in [1.54, 1.807) is 0 Å². The zero-order valence-electron chi connectivity index (χ0n) is 11.2. The van der Waals surface area contributed by atoms with E-state index in [2.05, 4.69) is 19.7 Å². The summed E-state index contributed by atoms with van der Waals surface area (Å²) < 4.78 is 8.89. The monoisotopic (exact) mass is 293 g/mol. The molecule has 0 bridgehead atoms. The first-order chi connectivity index (χ1) is 9.78. The Labute approximate surface area is 120 Å². The summed E-state index contributed by atoms with van der Waals surface area (Å²) in [5.74, 6) is 1.50. The summed E-state index contributed by atoms with van der Waals surface area (Å²) in [5, 5.41) is 7.73. The lowest BCUT2D eigenvalue weighted by atomic mass is 9.97. The van der Waals surface area contributed by atoms with Gasteiger partial charge in [-0.15, -0.1) is 5.10 Å². The van der Waals surface area contributed by atoms with Gasteiger partial charge < -0.3 is 9.42 Å². The molecule has 0 aromatic carbocycles. The van der Waals surface area contributed by atoms with Crippen molar-refractivity contribution < 1.29 is 9.32 Å². The summed E-state index contributed by atoms with van der Waals surface area (Å²) in [7, 11) is 0. The molecule has 0 radical (unpaired) electrons. The maximum absolute atomic E-state index is 12.3. The largest absolute Gasteiger partial charge is 0.339 e. The first-order valence-corrected chi connectivity index (χ1v) is 7.44. The normalized spacial score (nSPS) is 19.2. The molecular weight excluding hydrogens is 278 g/mol. The van der Waals surface area contributed by atoms with Gasteiger partial charge in [-0.1, -0.05) is 16.6 Å². The first-order valence-electron chi connectivity index (χ1n) is 6.67. The number of likely N-dealkylation sites (tertiary alicyclic amines) is 1. The van der Waals surface area contributed by atoms with Gasteiger partial charge in [-0.3, -0.25) is 4.79 Å². The average molecular weight is 293 g/mol. The topological polar surface area (TPSA) is 85.0 Å². The Balaban J connectivity index is 1.71. The summed E-state index contributed by atoms with van der Waals surface area (Å²) in [6.07, 6.45) is 4.17. The smallest absolute Gasteiger partial charge is 0.267 e. The van der Waals surface area contributed by atoms with Crippen LogP contribution in [0.3, 0.4) is 0 Å². The molecule has 8 heteroatoms. The molecule has 7 nitrogen and oxygen atoms in total. The standard InChI is InChI=1S/C12H15N5O2S/c1-2-10-14-11(15-19-10)8-4-3-5-17(7-8)12(18)9-6-13-16-20-9/h6,8H,2-5,7H2,1H3/t8-/m1/s1. The molecule has 2 aromatic rings. The van der Waals surface area contributed by atoms with Crippen LogP contribution in [-0.4, -0.2) is 43.6 Å². The highest BCUT2D eigenvalue weighted by molar-refractivity contribution is 7.07. The number of carbonyl (C=O) groups excluding carboxylic acids is 1. The average Bonchev–Trinajstić information content (AvgIpc) is 3.17. The van der Waals surface area contributed by atoms with Crippen LogP contribution in [0.1, 0.15) is 47.1 Å². The highest BCUT2D eigenvalue weighted by atomic mass is 32.1. The molecule has 3 rings (SSSR count). The Kier molecular flexibility index (Phi) is 3.72. The number of aryl methyl sites for hydroxylation is 1. The number of hydrogen-bond acceptors (Lipinski definition) is 7. The molecule has 20 heavy (non-hydrogen) atoms. The third-order valence-corrected chi connectivity index (χ3v) is 4.08. The van der Waals surface area contributed by atoms with Gasteiger partial charge in [-0.25, -0.2) is 0 Å². The van der Waals surface area contributed by atoms with Crippen LogP contribution >= 0.6 is 11.5 Å². The minimum Gasteiger partial charge on any atom is -0.339 e. The van der Waals surface area contributed by atoms with Gasteiger partial charge in [0.1, 0.15) is 4.88 Å².